The van der Waals surface area contributed by atoms with Gasteiger partial charge in [0.1, 0.15) is 5.75 Å². The molecule has 0 radical (unpaired) electrons. The highest BCUT2D eigenvalue weighted by Gasteiger charge is 2.31. The molecular weight excluding hydrogens is 363 g/mol. The van der Waals surface area contributed by atoms with Crippen molar-refractivity contribution in [2.24, 2.45) is 0 Å². The summed E-state index contributed by atoms with van der Waals surface area (Å²) >= 11 is 0. The van der Waals surface area contributed by atoms with Gasteiger partial charge in [0.15, 0.2) is 0 Å². The van der Waals surface area contributed by atoms with E-state index in [1.807, 2.05) is 31.2 Å². The lowest BCUT2D eigenvalue weighted by Gasteiger charge is -2.20. The second-order valence-corrected chi connectivity index (χ2v) is 6.72. The van der Waals surface area contributed by atoms with Crippen LogP contribution in [0.15, 0.2) is 72.8 Å². The van der Waals surface area contributed by atoms with Gasteiger partial charge in [0, 0.05) is 12.1 Å². The van der Waals surface area contributed by atoms with Gasteiger partial charge in [-0.15, -0.1) is 13.2 Å². The van der Waals surface area contributed by atoms with E-state index in [9.17, 15) is 13.2 Å². The SMILES string of the molecule is C[C@@H](/C=C/c1cccc(OC(F)(F)F)c1)N[C@H](C)c1cccc2ccccc12. The van der Waals surface area contributed by atoms with E-state index < -0.39 is 6.36 Å². The van der Waals surface area contributed by atoms with E-state index >= 15 is 0 Å². The molecular formula is C23H22F3NO. The van der Waals surface area contributed by atoms with E-state index in [2.05, 4.69) is 41.2 Å². The summed E-state index contributed by atoms with van der Waals surface area (Å²) in [6.45, 7) is 4.11. The monoisotopic (exact) mass is 385 g/mol. The van der Waals surface area contributed by atoms with Gasteiger partial charge in [-0.2, -0.15) is 0 Å². The molecule has 0 aliphatic heterocycles. The van der Waals surface area contributed by atoms with Crippen molar-refractivity contribution in [1.82, 2.24) is 5.32 Å². The number of ether oxygens (including phenoxy) is 1. The van der Waals surface area contributed by atoms with E-state index in [1.165, 1.54) is 34.5 Å². The van der Waals surface area contributed by atoms with Crippen LogP contribution in [-0.4, -0.2) is 12.4 Å². The lowest BCUT2D eigenvalue weighted by molar-refractivity contribution is -0.274. The predicted molar refractivity (Wildman–Crippen MR) is 107 cm³/mol. The molecule has 0 aromatic heterocycles. The quantitative estimate of drug-likeness (QED) is 0.524. The predicted octanol–water partition coefficient (Wildman–Crippen LogP) is 6.49. The fraction of sp³-hybridized carbons (Fsp3) is 0.217. The Bertz CT molecular complexity index is 960. The zero-order chi connectivity index (χ0) is 20.1. The highest BCUT2D eigenvalue weighted by Crippen LogP contribution is 2.25. The van der Waals surface area contributed by atoms with Crippen molar-refractivity contribution < 1.29 is 17.9 Å². The Balaban J connectivity index is 1.68. The number of halogens is 3. The Morgan fingerprint density at radius 1 is 0.929 bits per heavy atom. The molecule has 146 valence electrons. The number of rotatable bonds is 6. The van der Waals surface area contributed by atoms with E-state index in [0.717, 1.165) is 0 Å². The Morgan fingerprint density at radius 3 is 2.43 bits per heavy atom. The Kier molecular flexibility index (Phi) is 6.05. The highest BCUT2D eigenvalue weighted by molar-refractivity contribution is 5.86. The highest BCUT2D eigenvalue weighted by atomic mass is 19.4. The van der Waals surface area contributed by atoms with Gasteiger partial charge in [-0.1, -0.05) is 66.7 Å². The third-order valence-electron chi connectivity index (χ3n) is 4.47. The summed E-state index contributed by atoms with van der Waals surface area (Å²) in [7, 11) is 0. The lowest BCUT2D eigenvalue weighted by atomic mass is 9.99. The number of hydrogen-bond acceptors (Lipinski definition) is 2. The van der Waals surface area contributed by atoms with Gasteiger partial charge in [0.05, 0.1) is 0 Å². The normalized spacial score (nSPS) is 14.3. The summed E-state index contributed by atoms with van der Waals surface area (Å²) in [4.78, 5) is 0. The Hall–Kier alpha value is -2.79. The first-order valence-electron chi connectivity index (χ1n) is 9.09. The zero-order valence-electron chi connectivity index (χ0n) is 15.7. The van der Waals surface area contributed by atoms with Crippen LogP contribution in [-0.2, 0) is 0 Å². The maximum atomic E-state index is 12.4. The van der Waals surface area contributed by atoms with Crippen molar-refractivity contribution >= 4 is 16.8 Å². The summed E-state index contributed by atoms with van der Waals surface area (Å²) in [6, 6.07) is 20.6. The van der Waals surface area contributed by atoms with E-state index in [4.69, 9.17) is 0 Å². The standard InChI is InChI=1S/C23H22F3NO/c1-16(13-14-18-7-5-10-20(15-18)28-23(24,25)26)27-17(2)21-12-6-9-19-8-3-4-11-22(19)21/h3-17,27H,1-2H3/b14-13+/t16-,17+/m0/s1. The molecule has 0 aliphatic rings. The van der Waals surface area contributed by atoms with Crippen LogP contribution in [0.3, 0.4) is 0 Å². The molecule has 0 amide bonds. The zero-order valence-corrected chi connectivity index (χ0v) is 15.7. The largest absolute Gasteiger partial charge is 0.573 e. The molecule has 5 heteroatoms. The lowest BCUT2D eigenvalue weighted by Crippen LogP contribution is -2.27. The maximum Gasteiger partial charge on any atom is 0.573 e. The molecule has 0 spiro atoms. The first kappa shape index (κ1) is 20.0. The van der Waals surface area contributed by atoms with Crippen molar-refractivity contribution in [2.45, 2.75) is 32.3 Å². The topological polar surface area (TPSA) is 21.3 Å². The van der Waals surface area contributed by atoms with Crippen LogP contribution in [0.2, 0.25) is 0 Å². The molecule has 3 rings (SSSR count). The molecule has 3 aromatic rings. The van der Waals surface area contributed by atoms with E-state index in [-0.39, 0.29) is 17.8 Å². The molecule has 3 aromatic carbocycles. The minimum atomic E-state index is -4.69. The minimum Gasteiger partial charge on any atom is -0.406 e. The fourth-order valence-corrected chi connectivity index (χ4v) is 3.24. The number of fused-ring (bicyclic) bond motifs is 1. The van der Waals surface area contributed by atoms with Crippen LogP contribution in [0.5, 0.6) is 5.75 Å². The van der Waals surface area contributed by atoms with Gasteiger partial charge in [-0.25, -0.2) is 0 Å². The first-order valence-corrected chi connectivity index (χ1v) is 9.09. The number of nitrogens with one attached hydrogen (secondary N) is 1. The van der Waals surface area contributed by atoms with Crippen molar-refractivity contribution in [1.29, 1.82) is 0 Å². The van der Waals surface area contributed by atoms with Gasteiger partial charge < -0.3 is 10.1 Å². The van der Waals surface area contributed by atoms with Gasteiger partial charge in [-0.05, 0) is 47.9 Å². The average Bonchev–Trinajstić information content (AvgIpc) is 2.65. The van der Waals surface area contributed by atoms with Crippen molar-refractivity contribution in [2.75, 3.05) is 0 Å². The molecule has 0 saturated heterocycles. The average molecular weight is 385 g/mol. The molecule has 0 fully saturated rings. The van der Waals surface area contributed by atoms with Crippen molar-refractivity contribution in [3.63, 3.8) is 0 Å². The number of alkyl halides is 3. The smallest absolute Gasteiger partial charge is 0.406 e. The Labute approximate surface area is 162 Å². The van der Waals surface area contributed by atoms with Crippen LogP contribution in [0, 0.1) is 0 Å². The van der Waals surface area contributed by atoms with Gasteiger partial charge in [-0.3, -0.25) is 0 Å². The summed E-state index contributed by atoms with van der Waals surface area (Å²) in [6.07, 6.45) is -0.976. The minimum absolute atomic E-state index is 0.0289. The maximum absolute atomic E-state index is 12.4. The summed E-state index contributed by atoms with van der Waals surface area (Å²) in [5, 5.41) is 5.91. The Morgan fingerprint density at radius 2 is 1.64 bits per heavy atom. The molecule has 2 nitrogen and oxygen atoms in total. The third-order valence-corrected chi connectivity index (χ3v) is 4.47. The van der Waals surface area contributed by atoms with Gasteiger partial charge in [0.25, 0.3) is 0 Å². The van der Waals surface area contributed by atoms with Crippen LogP contribution in [0.1, 0.15) is 31.0 Å². The van der Waals surface area contributed by atoms with Gasteiger partial charge >= 0.3 is 6.36 Å². The van der Waals surface area contributed by atoms with Crippen LogP contribution >= 0.6 is 0 Å². The number of benzene rings is 3. The molecule has 0 aliphatic carbocycles. The van der Waals surface area contributed by atoms with E-state index in [1.54, 1.807) is 12.1 Å². The number of hydrogen-bond donors (Lipinski definition) is 1. The summed E-state index contributed by atoms with van der Waals surface area (Å²) in [5.74, 6) is -0.223. The second-order valence-electron chi connectivity index (χ2n) is 6.72. The van der Waals surface area contributed by atoms with Crippen LogP contribution in [0.4, 0.5) is 13.2 Å². The second kappa shape index (κ2) is 8.48. The molecule has 0 unspecified atom stereocenters. The molecule has 0 bridgehead atoms. The molecule has 0 heterocycles. The fourth-order valence-electron chi connectivity index (χ4n) is 3.24. The van der Waals surface area contributed by atoms with Crippen LogP contribution < -0.4 is 10.1 Å². The van der Waals surface area contributed by atoms with E-state index in [0.29, 0.717) is 5.56 Å². The van der Waals surface area contributed by atoms with Crippen molar-refractivity contribution in [3.05, 3.63) is 83.9 Å². The first-order chi connectivity index (χ1) is 13.3. The van der Waals surface area contributed by atoms with Crippen LogP contribution in [0.25, 0.3) is 16.8 Å². The summed E-state index contributed by atoms with van der Waals surface area (Å²) in [5.41, 5.74) is 1.85. The summed E-state index contributed by atoms with van der Waals surface area (Å²) < 4.78 is 41.0. The molecule has 2 atom stereocenters. The molecule has 0 saturated carbocycles. The molecule has 1 N–H and O–H groups in total. The van der Waals surface area contributed by atoms with Gasteiger partial charge in [0.2, 0.25) is 0 Å². The molecule has 28 heavy (non-hydrogen) atoms. The van der Waals surface area contributed by atoms with Crippen molar-refractivity contribution in [3.8, 4) is 5.75 Å². The third kappa shape index (κ3) is 5.36.